The van der Waals surface area contributed by atoms with Crippen LogP contribution in [-0.2, 0) is 16.0 Å². The van der Waals surface area contributed by atoms with E-state index in [1.807, 2.05) is 41.3 Å². The summed E-state index contributed by atoms with van der Waals surface area (Å²) in [5, 5.41) is 0.766. The van der Waals surface area contributed by atoms with Gasteiger partial charge in [-0.25, -0.2) is 4.98 Å². The number of hydrogen-bond acceptors (Lipinski definition) is 5. The highest BCUT2D eigenvalue weighted by Crippen LogP contribution is 2.31. The SMILES string of the molecule is CCc1cccc2sc(N(CCN3CCOCC3)C(=O)/C=C/c3ccccc3)nc12. The van der Waals surface area contributed by atoms with E-state index in [0.717, 1.165) is 60.2 Å². The number of benzene rings is 2. The molecule has 0 aliphatic carbocycles. The second-order valence-electron chi connectivity index (χ2n) is 7.30. The van der Waals surface area contributed by atoms with Crippen molar-refractivity contribution in [2.75, 3.05) is 44.3 Å². The van der Waals surface area contributed by atoms with Crippen molar-refractivity contribution >= 4 is 38.7 Å². The number of nitrogens with zero attached hydrogens (tertiary/aromatic N) is 3. The van der Waals surface area contributed by atoms with Gasteiger partial charge in [0, 0.05) is 32.3 Å². The normalized spacial score (nSPS) is 15.1. The zero-order chi connectivity index (χ0) is 20.8. The van der Waals surface area contributed by atoms with E-state index in [1.165, 1.54) is 5.56 Å². The van der Waals surface area contributed by atoms with Gasteiger partial charge in [-0.05, 0) is 29.7 Å². The van der Waals surface area contributed by atoms with Gasteiger partial charge < -0.3 is 4.74 Å². The van der Waals surface area contributed by atoms with Crippen molar-refractivity contribution in [3.05, 3.63) is 65.7 Å². The Bertz CT molecular complexity index is 1010. The van der Waals surface area contributed by atoms with Gasteiger partial charge in [-0.1, -0.05) is 60.7 Å². The van der Waals surface area contributed by atoms with E-state index >= 15 is 0 Å². The Hall–Kier alpha value is -2.54. The molecule has 0 unspecified atom stereocenters. The highest BCUT2D eigenvalue weighted by molar-refractivity contribution is 7.22. The highest BCUT2D eigenvalue weighted by Gasteiger charge is 2.20. The van der Waals surface area contributed by atoms with Gasteiger partial charge in [0.25, 0.3) is 5.91 Å². The first-order valence-electron chi connectivity index (χ1n) is 10.5. The van der Waals surface area contributed by atoms with Crippen LogP contribution < -0.4 is 4.90 Å². The summed E-state index contributed by atoms with van der Waals surface area (Å²) in [4.78, 5) is 22.2. The molecule has 0 bridgehead atoms. The molecule has 0 radical (unpaired) electrons. The molecule has 3 aromatic rings. The summed E-state index contributed by atoms with van der Waals surface area (Å²) in [5.41, 5.74) is 3.24. The van der Waals surface area contributed by atoms with Crippen LogP contribution in [0.2, 0.25) is 0 Å². The minimum Gasteiger partial charge on any atom is -0.379 e. The lowest BCUT2D eigenvalue weighted by Crippen LogP contribution is -2.42. The number of carbonyl (C=O) groups is 1. The van der Waals surface area contributed by atoms with Gasteiger partial charge in [0.1, 0.15) is 0 Å². The Labute approximate surface area is 181 Å². The topological polar surface area (TPSA) is 45.7 Å². The summed E-state index contributed by atoms with van der Waals surface area (Å²) in [6.45, 7) is 6.87. The third-order valence-electron chi connectivity index (χ3n) is 5.33. The van der Waals surface area contributed by atoms with E-state index in [-0.39, 0.29) is 5.91 Å². The number of carbonyl (C=O) groups excluding carboxylic acids is 1. The Morgan fingerprint density at radius 2 is 1.97 bits per heavy atom. The minimum atomic E-state index is -0.0378. The lowest BCUT2D eigenvalue weighted by atomic mass is 10.1. The van der Waals surface area contributed by atoms with Crippen molar-refractivity contribution in [1.29, 1.82) is 0 Å². The molecule has 1 amide bonds. The number of anilines is 1. The summed E-state index contributed by atoms with van der Waals surface area (Å²) in [6.07, 6.45) is 4.45. The number of amides is 1. The van der Waals surface area contributed by atoms with Crippen LogP contribution in [0.15, 0.2) is 54.6 Å². The lowest BCUT2D eigenvalue weighted by Gasteiger charge is -2.28. The molecule has 1 aliphatic heterocycles. The van der Waals surface area contributed by atoms with Crippen molar-refractivity contribution < 1.29 is 9.53 Å². The van der Waals surface area contributed by atoms with Crippen molar-refractivity contribution in [2.24, 2.45) is 0 Å². The zero-order valence-electron chi connectivity index (χ0n) is 17.3. The number of aromatic nitrogens is 1. The highest BCUT2D eigenvalue weighted by atomic mass is 32.1. The fourth-order valence-corrected chi connectivity index (χ4v) is 4.63. The van der Waals surface area contributed by atoms with Crippen LogP contribution in [0.4, 0.5) is 5.13 Å². The van der Waals surface area contributed by atoms with Gasteiger partial charge in [0.2, 0.25) is 0 Å². The standard InChI is InChI=1S/C24H27N3O2S/c1-2-20-9-6-10-21-23(20)25-24(30-21)27(14-13-26-15-17-29-18-16-26)22(28)12-11-19-7-4-3-5-8-19/h3-12H,2,13-18H2,1H3/b12-11+. The van der Waals surface area contributed by atoms with Crippen LogP contribution in [0, 0.1) is 0 Å². The van der Waals surface area contributed by atoms with Crippen LogP contribution in [0.25, 0.3) is 16.3 Å². The Kier molecular flexibility index (Phi) is 6.89. The fourth-order valence-electron chi connectivity index (χ4n) is 3.58. The molecule has 0 spiro atoms. The number of aryl methyl sites for hydroxylation is 1. The largest absolute Gasteiger partial charge is 0.379 e. The van der Waals surface area contributed by atoms with Gasteiger partial charge in [-0.15, -0.1) is 0 Å². The molecule has 2 aromatic carbocycles. The van der Waals surface area contributed by atoms with E-state index in [2.05, 4.69) is 30.0 Å². The summed E-state index contributed by atoms with van der Waals surface area (Å²) >= 11 is 1.59. The number of fused-ring (bicyclic) bond motifs is 1. The van der Waals surface area contributed by atoms with Crippen LogP contribution in [0.5, 0.6) is 0 Å². The Morgan fingerprint density at radius 1 is 1.17 bits per heavy atom. The number of rotatable bonds is 7. The second kappa shape index (κ2) is 9.98. The Morgan fingerprint density at radius 3 is 2.73 bits per heavy atom. The summed E-state index contributed by atoms with van der Waals surface area (Å²) in [6, 6.07) is 16.2. The van der Waals surface area contributed by atoms with Crippen LogP contribution in [0.3, 0.4) is 0 Å². The molecule has 4 rings (SSSR count). The molecule has 1 saturated heterocycles. The molecule has 1 aliphatic rings. The maximum absolute atomic E-state index is 13.2. The first-order chi connectivity index (χ1) is 14.7. The predicted octanol–water partition coefficient (Wildman–Crippen LogP) is 4.24. The van der Waals surface area contributed by atoms with Gasteiger partial charge >= 0.3 is 0 Å². The van der Waals surface area contributed by atoms with Gasteiger partial charge in [0.05, 0.1) is 23.4 Å². The zero-order valence-corrected chi connectivity index (χ0v) is 18.1. The second-order valence-corrected chi connectivity index (χ2v) is 8.31. The quantitative estimate of drug-likeness (QED) is 0.536. The molecule has 6 heteroatoms. The van der Waals surface area contributed by atoms with Crippen LogP contribution in [-0.4, -0.2) is 55.2 Å². The summed E-state index contributed by atoms with van der Waals surface area (Å²) < 4.78 is 6.57. The van der Waals surface area contributed by atoms with E-state index < -0.39 is 0 Å². The van der Waals surface area contributed by atoms with Gasteiger partial charge in [-0.2, -0.15) is 0 Å². The molecule has 0 atom stereocenters. The number of para-hydroxylation sites is 1. The number of hydrogen-bond donors (Lipinski definition) is 0. The molecule has 0 N–H and O–H groups in total. The minimum absolute atomic E-state index is 0.0378. The van der Waals surface area contributed by atoms with Gasteiger partial charge in [-0.3, -0.25) is 14.6 Å². The van der Waals surface area contributed by atoms with Gasteiger partial charge in [0.15, 0.2) is 5.13 Å². The molecule has 30 heavy (non-hydrogen) atoms. The van der Waals surface area contributed by atoms with Crippen molar-refractivity contribution in [1.82, 2.24) is 9.88 Å². The van der Waals surface area contributed by atoms with E-state index in [9.17, 15) is 4.79 Å². The molecule has 1 aromatic heterocycles. The van der Waals surface area contributed by atoms with Crippen LogP contribution in [0.1, 0.15) is 18.1 Å². The molecule has 1 fully saturated rings. The van der Waals surface area contributed by atoms with Crippen molar-refractivity contribution in [3.63, 3.8) is 0 Å². The molecular weight excluding hydrogens is 394 g/mol. The third-order valence-corrected chi connectivity index (χ3v) is 6.37. The lowest BCUT2D eigenvalue weighted by molar-refractivity contribution is -0.114. The molecule has 156 valence electrons. The number of morpholine rings is 1. The number of thiazole rings is 1. The monoisotopic (exact) mass is 421 g/mol. The smallest absolute Gasteiger partial charge is 0.252 e. The average molecular weight is 422 g/mol. The summed E-state index contributed by atoms with van der Waals surface area (Å²) in [5.74, 6) is -0.0378. The predicted molar refractivity (Wildman–Crippen MR) is 124 cm³/mol. The first-order valence-corrected chi connectivity index (χ1v) is 11.3. The first kappa shape index (κ1) is 20.7. The Balaban J connectivity index is 1.59. The third kappa shape index (κ3) is 4.95. The average Bonchev–Trinajstić information content (AvgIpc) is 3.23. The molecular formula is C24H27N3O2S. The number of ether oxygens (including phenoxy) is 1. The maximum atomic E-state index is 13.2. The molecule has 5 nitrogen and oxygen atoms in total. The van der Waals surface area contributed by atoms with E-state index in [1.54, 1.807) is 17.4 Å². The van der Waals surface area contributed by atoms with E-state index in [0.29, 0.717) is 6.54 Å². The molecule has 0 saturated carbocycles. The van der Waals surface area contributed by atoms with Crippen molar-refractivity contribution in [3.8, 4) is 0 Å². The van der Waals surface area contributed by atoms with Crippen molar-refractivity contribution in [2.45, 2.75) is 13.3 Å². The van der Waals surface area contributed by atoms with E-state index in [4.69, 9.17) is 9.72 Å². The van der Waals surface area contributed by atoms with Crippen LogP contribution >= 0.6 is 11.3 Å². The summed E-state index contributed by atoms with van der Waals surface area (Å²) in [7, 11) is 0. The maximum Gasteiger partial charge on any atom is 0.252 e. The fraction of sp³-hybridized carbons (Fsp3) is 0.333. The molecule has 2 heterocycles.